The lowest BCUT2D eigenvalue weighted by molar-refractivity contribution is 0.0381. The Morgan fingerprint density at radius 1 is 1.33 bits per heavy atom. The molecule has 1 aromatic rings. The second kappa shape index (κ2) is 8.12. The van der Waals surface area contributed by atoms with Gasteiger partial charge in [0.1, 0.15) is 5.75 Å². The van der Waals surface area contributed by atoms with Crippen LogP contribution in [0.4, 0.5) is 0 Å². The van der Waals surface area contributed by atoms with Gasteiger partial charge in [0.25, 0.3) is 0 Å². The van der Waals surface area contributed by atoms with Crippen LogP contribution in [-0.4, -0.2) is 63.2 Å². The standard InChI is InChI=1S/C16H24N2O3/c1-13(17-7-8-18-9-11-21-12-10-18)16(19)14-3-5-15(20-2)6-4-14/h3-6,13,17H,7-12H2,1-2H3. The van der Waals surface area contributed by atoms with Crippen molar-refractivity contribution in [3.8, 4) is 5.75 Å². The Morgan fingerprint density at radius 2 is 2.00 bits per heavy atom. The number of rotatable bonds is 7. The second-order valence-corrected chi connectivity index (χ2v) is 5.22. The van der Waals surface area contributed by atoms with Crippen molar-refractivity contribution >= 4 is 5.78 Å². The van der Waals surface area contributed by atoms with E-state index in [0.29, 0.717) is 5.56 Å². The molecule has 2 rings (SSSR count). The molecule has 116 valence electrons. The molecule has 0 aromatic heterocycles. The van der Waals surface area contributed by atoms with Gasteiger partial charge < -0.3 is 14.8 Å². The van der Waals surface area contributed by atoms with Crippen LogP contribution in [-0.2, 0) is 4.74 Å². The molecule has 0 aliphatic carbocycles. The molecule has 1 aliphatic rings. The third kappa shape index (κ3) is 4.81. The molecule has 0 bridgehead atoms. The first-order valence-corrected chi connectivity index (χ1v) is 7.42. The fourth-order valence-electron chi connectivity index (χ4n) is 2.36. The highest BCUT2D eigenvalue weighted by Gasteiger charge is 2.15. The van der Waals surface area contributed by atoms with Gasteiger partial charge in [0, 0.05) is 31.7 Å². The van der Waals surface area contributed by atoms with Crippen molar-refractivity contribution in [2.75, 3.05) is 46.5 Å². The lowest BCUT2D eigenvalue weighted by Crippen LogP contribution is -2.43. The summed E-state index contributed by atoms with van der Waals surface area (Å²) in [4.78, 5) is 14.6. The van der Waals surface area contributed by atoms with Crippen molar-refractivity contribution in [2.45, 2.75) is 13.0 Å². The summed E-state index contributed by atoms with van der Waals surface area (Å²) in [6.45, 7) is 7.23. The molecule has 1 fully saturated rings. The Kier molecular flexibility index (Phi) is 6.17. The molecule has 1 atom stereocenters. The summed E-state index contributed by atoms with van der Waals surface area (Å²) in [5, 5.41) is 3.29. The van der Waals surface area contributed by atoms with E-state index in [9.17, 15) is 4.79 Å². The highest BCUT2D eigenvalue weighted by Crippen LogP contribution is 2.12. The van der Waals surface area contributed by atoms with Crippen LogP contribution in [0.3, 0.4) is 0 Å². The van der Waals surface area contributed by atoms with Gasteiger partial charge in [0.2, 0.25) is 0 Å². The molecule has 0 saturated carbocycles. The van der Waals surface area contributed by atoms with E-state index in [1.807, 2.05) is 19.1 Å². The Hall–Kier alpha value is -1.43. The van der Waals surface area contributed by atoms with E-state index >= 15 is 0 Å². The van der Waals surface area contributed by atoms with Crippen LogP contribution in [0.5, 0.6) is 5.75 Å². The fourth-order valence-corrected chi connectivity index (χ4v) is 2.36. The summed E-state index contributed by atoms with van der Waals surface area (Å²) in [7, 11) is 1.62. The minimum atomic E-state index is -0.181. The molecule has 5 heteroatoms. The number of morpholine rings is 1. The first-order valence-electron chi connectivity index (χ1n) is 7.42. The van der Waals surface area contributed by atoms with Crippen molar-refractivity contribution in [1.29, 1.82) is 0 Å². The zero-order valence-electron chi connectivity index (χ0n) is 12.8. The molecule has 1 N–H and O–H groups in total. The molecule has 0 amide bonds. The number of nitrogens with zero attached hydrogens (tertiary/aromatic N) is 1. The van der Waals surface area contributed by atoms with Gasteiger partial charge in [-0.1, -0.05) is 0 Å². The van der Waals surface area contributed by atoms with Crippen molar-refractivity contribution in [3.05, 3.63) is 29.8 Å². The summed E-state index contributed by atoms with van der Waals surface area (Å²) in [6.07, 6.45) is 0. The van der Waals surface area contributed by atoms with Crippen LogP contribution in [0.1, 0.15) is 17.3 Å². The summed E-state index contributed by atoms with van der Waals surface area (Å²) in [5.41, 5.74) is 0.710. The average molecular weight is 292 g/mol. The maximum Gasteiger partial charge on any atom is 0.179 e. The van der Waals surface area contributed by atoms with Gasteiger partial charge in [-0.15, -0.1) is 0 Å². The summed E-state index contributed by atoms with van der Waals surface area (Å²) in [5.74, 6) is 0.874. The number of hydrogen-bond acceptors (Lipinski definition) is 5. The molecule has 1 aromatic carbocycles. The molecule has 1 aliphatic heterocycles. The van der Waals surface area contributed by atoms with Crippen molar-refractivity contribution in [2.24, 2.45) is 0 Å². The Balaban J connectivity index is 1.75. The van der Waals surface area contributed by atoms with Gasteiger partial charge in [-0.05, 0) is 31.2 Å². The predicted molar refractivity (Wildman–Crippen MR) is 82.0 cm³/mol. The third-order valence-corrected chi connectivity index (χ3v) is 3.75. The maximum atomic E-state index is 12.3. The van der Waals surface area contributed by atoms with Crippen LogP contribution < -0.4 is 10.1 Å². The monoisotopic (exact) mass is 292 g/mol. The van der Waals surface area contributed by atoms with Gasteiger partial charge in [-0.3, -0.25) is 9.69 Å². The molecule has 1 unspecified atom stereocenters. The second-order valence-electron chi connectivity index (χ2n) is 5.22. The highest BCUT2D eigenvalue weighted by atomic mass is 16.5. The molecule has 21 heavy (non-hydrogen) atoms. The van der Waals surface area contributed by atoms with E-state index < -0.39 is 0 Å². The molecule has 0 radical (unpaired) electrons. The fraction of sp³-hybridized carbons (Fsp3) is 0.562. The lowest BCUT2D eigenvalue weighted by atomic mass is 10.1. The summed E-state index contributed by atoms with van der Waals surface area (Å²) < 4.78 is 10.4. The number of carbonyl (C=O) groups is 1. The Bertz CT molecular complexity index is 441. The van der Waals surface area contributed by atoms with Crippen LogP contribution in [0, 0.1) is 0 Å². The minimum Gasteiger partial charge on any atom is -0.497 e. The molecule has 1 heterocycles. The number of ether oxygens (including phenoxy) is 2. The molecular weight excluding hydrogens is 268 g/mol. The van der Waals surface area contributed by atoms with E-state index in [2.05, 4.69) is 10.2 Å². The van der Waals surface area contributed by atoms with E-state index in [1.165, 1.54) is 0 Å². The molecular formula is C16H24N2O3. The van der Waals surface area contributed by atoms with Gasteiger partial charge in [-0.25, -0.2) is 0 Å². The topological polar surface area (TPSA) is 50.8 Å². The number of Topliss-reactive ketones (excluding diaryl/α,β-unsaturated/α-hetero) is 1. The average Bonchev–Trinajstić information content (AvgIpc) is 2.55. The zero-order chi connectivity index (χ0) is 15.1. The normalized spacial score (nSPS) is 17.4. The maximum absolute atomic E-state index is 12.3. The van der Waals surface area contributed by atoms with E-state index in [0.717, 1.165) is 45.1 Å². The highest BCUT2D eigenvalue weighted by molar-refractivity contribution is 5.99. The number of carbonyl (C=O) groups excluding carboxylic acids is 1. The number of nitrogens with one attached hydrogen (secondary N) is 1. The van der Waals surface area contributed by atoms with Crippen molar-refractivity contribution in [3.63, 3.8) is 0 Å². The number of hydrogen-bond donors (Lipinski definition) is 1. The smallest absolute Gasteiger partial charge is 0.179 e. The SMILES string of the molecule is COc1ccc(C(=O)C(C)NCCN2CCOCC2)cc1. The summed E-state index contributed by atoms with van der Waals surface area (Å²) >= 11 is 0. The summed E-state index contributed by atoms with van der Waals surface area (Å²) in [6, 6.07) is 7.06. The Labute approximate surface area is 126 Å². The van der Waals surface area contributed by atoms with Gasteiger partial charge >= 0.3 is 0 Å². The van der Waals surface area contributed by atoms with Crippen LogP contribution in [0.2, 0.25) is 0 Å². The third-order valence-electron chi connectivity index (χ3n) is 3.75. The quantitative estimate of drug-likeness (QED) is 0.765. The minimum absolute atomic E-state index is 0.111. The largest absolute Gasteiger partial charge is 0.497 e. The van der Waals surface area contributed by atoms with E-state index in [4.69, 9.17) is 9.47 Å². The van der Waals surface area contributed by atoms with Gasteiger partial charge in [0.15, 0.2) is 5.78 Å². The molecule has 1 saturated heterocycles. The van der Waals surface area contributed by atoms with Crippen molar-refractivity contribution < 1.29 is 14.3 Å². The van der Waals surface area contributed by atoms with Crippen LogP contribution in [0.25, 0.3) is 0 Å². The van der Waals surface area contributed by atoms with E-state index in [-0.39, 0.29) is 11.8 Å². The van der Waals surface area contributed by atoms with Crippen molar-refractivity contribution in [1.82, 2.24) is 10.2 Å². The van der Waals surface area contributed by atoms with Gasteiger partial charge in [0.05, 0.1) is 26.4 Å². The molecule has 5 nitrogen and oxygen atoms in total. The lowest BCUT2D eigenvalue weighted by Gasteiger charge is -2.27. The number of methoxy groups -OCH3 is 1. The van der Waals surface area contributed by atoms with E-state index in [1.54, 1.807) is 19.2 Å². The first kappa shape index (κ1) is 15.9. The van der Waals surface area contributed by atoms with Crippen LogP contribution in [0.15, 0.2) is 24.3 Å². The predicted octanol–water partition coefficient (Wildman–Crippen LogP) is 1.19. The first-order chi connectivity index (χ1) is 10.2. The molecule has 0 spiro atoms. The van der Waals surface area contributed by atoms with Crippen LogP contribution >= 0.6 is 0 Å². The van der Waals surface area contributed by atoms with Gasteiger partial charge in [-0.2, -0.15) is 0 Å². The number of benzene rings is 1. The zero-order valence-corrected chi connectivity index (χ0v) is 12.8. The number of ketones is 1. The Morgan fingerprint density at radius 3 is 2.62 bits per heavy atom.